The van der Waals surface area contributed by atoms with Gasteiger partial charge < -0.3 is 5.32 Å². The van der Waals surface area contributed by atoms with Crippen molar-refractivity contribution in [2.24, 2.45) is 0 Å². The molecular weight excluding hydrogens is 231 g/mol. The molecule has 0 aliphatic rings. The molecule has 0 spiro atoms. The predicted octanol–water partition coefficient (Wildman–Crippen LogP) is 2.85. The van der Waals surface area contributed by atoms with Crippen LogP contribution in [0, 0.1) is 0 Å². The lowest BCUT2D eigenvalue weighted by Crippen LogP contribution is -2.30. The van der Waals surface area contributed by atoms with Crippen molar-refractivity contribution >= 4 is 17.5 Å². The van der Waals surface area contributed by atoms with Crippen molar-refractivity contribution in [1.29, 1.82) is 0 Å². The molecule has 0 aromatic rings. The maximum absolute atomic E-state index is 11.7. The zero-order chi connectivity index (χ0) is 11.9. The van der Waals surface area contributed by atoms with Gasteiger partial charge in [-0.2, -0.15) is 13.2 Å². The van der Waals surface area contributed by atoms with Crippen LogP contribution < -0.4 is 5.32 Å². The first-order valence-electron chi connectivity index (χ1n) is 4.82. The maximum atomic E-state index is 11.7. The van der Waals surface area contributed by atoms with Crippen LogP contribution in [0.25, 0.3) is 0 Å². The zero-order valence-electron chi connectivity index (χ0n) is 8.53. The second-order valence-electron chi connectivity index (χ2n) is 3.31. The Balaban J connectivity index is 3.58. The average molecular weight is 246 g/mol. The van der Waals surface area contributed by atoms with E-state index in [4.69, 9.17) is 11.6 Å². The van der Waals surface area contributed by atoms with Crippen LogP contribution in [-0.4, -0.2) is 24.0 Å². The van der Waals surface area contributed by atoms with E-state index in [9.17, 15) is 18.0 Å². The van der Waals surface area contributed by atoms with Crippen molar-refractivity contribution in [2.45, 2.75) is 44.2 Å². The standard InChI is InChI=1S/C9H15ClF3NO/c1-2-3-7(10)6-14-8(15)4-5-9(11,12)13/h7H,2-6H2,1H3,(H,14,15). The van der Waals surface area contributed by atoms with Gasteiger partial charge >= 0.3 is 6.18 Å². The molecule has 90 valence electrons. The molecule has 0 aromatic carbocycles. The van der Waals surface area contributed by atoms with E-state index in [-0.39, 0.29) is 11.9 Å². The minimum absolute atomic E-state index is 0.204. The van der Waals surface area contributed by atoms with Gasteiger partial charge in [-0.1, -0.05) is 13.3 Å². The number of rotatable bonds is 6. The summed E-state index contributed by atoms with van der Waals surface area (Å²) < 4.78 is 35.2. The normalized spacial score (nSPS) is 13.7. The van der Waals surface area contributed by atoms with Crippen LogP contribution in [0.2, 0.25) is 0 Å². The maximum Gasteiger partial charge on any atom is 0.389 e. The smallest absolute Gasteiger partial charge is 0.355 e. The van der Waals surface area contributed by atoms with Gasteiger partial charge in [0.1, 0.15) is 0 Å². The Kier molecular flexibility index (Phi) is 6.72. The summed E-state index contributed by atoms with van der Waals surface area (Å²) in [5.74, 6) is -0.603. The molecular formula is C9H15ClF3NO. The Morgan fingerprint density at radius 3 is 2.53 bits per heavy atom. The van der Waals surface area contributed by atoms with Gasteiger partial charge in [0.2, 0.25) is 5.91 Å². The van der Waals surface area contributed by atoms with Crippen LogP contribution >= 0.6 is 11.6 Å². The van der Waals surface area contributed by atoms with Crippen molar-refractivity contribution in [1.82, 2.24) is 5.32 Å². The molecule has 0 fully saturated rings. The summed E-state index contributed by atoms with van der Waals surface area (Å²) in [6, 6.07) is 0. The molecule has 0 aromatic heterocycles. The van der Waals surface area contributed by atoms with E-state index in [0.29, 0.717) is 0 Å². The van der Waals surface area contributed by atoms with E-state index in [1.807, 2.05) is 6.92 Å². The molecule has 0 saturated carbocycles. The van der Waals surface area contributed by atoms with Crippen molar-refractivity contribution in [3.8, 4) is 0 Å². The highest BCUT2D eigenvalue weighted by Crippen LogP contribution is 2.20. The van der Waals surface area contributed by atoms with Crippen molar-refractivity contribution in [3.63, 3.8) is 0 Å². The lowest BCUT2D eigenvalue weighted by molar-refractivity contribution is -0.144. The highest BCUT2D eigenvalue weighted by Gasteiger charge is 2.27. The van der Waals surface area contributed by atoms with Crippen LogP contribution in [0.5, 0.6) is 0 Å². The Morgan fingerprint density at radius 1 is 1.47 bits per heavy atom. The lowest BCUT2D eigenvalue weighted by atomic mass is 10.2. The van der Waals surface area contributed by atoms with Gasteiger partial charge in [0, 0.05) is 13.0 Å². The minimum Gasteiger partial charge on any atom is -0.355 e. The Labute approximate surface area is 92.2 Å². The number of hydrogen-bond donors (Lipinski definition) is 1. The third-order valence-electron chi connectivity index (χ3n) is 1.76. The highest BCUT2D eigenvalue weighted by atomic mass is 35.5. The second-order valence-corrected chi connectivity index (χ2v) is 3.92. The topological polar surface area (TPSA) is 29.1 Å². The Morgan fingerprint density at radius 2 is 2.07 bits per heavy atom. The molecule has 6 heteroatoms. The number of alkyl halides is 4. The molecule has 0 bridgehead atoms. The van der Waals surface area contributed by atoms with E-state index < -0.39 is 24.9 Å². The summed E-state index contributed by atoms with van der Waals surface area (Å²) in [7, 11) is 0. The van der Waals surface area contributed by atoms with Gasteiger partial charge in [0.15, 0.2) is 0 Å². The Bertz CT molecular complexity index is 196. The largest absolute Gasteiger partial charge is 0.389 e. The number of amides is 1. The zero-order valence-corrected chi connectivity index (χ0v) is 9.29. The molecule has 0 rings (SSSR count). The summed E-state index contributed by atoms with van der Waals surface area (Å²) in [6.07, 6.45) is -4.27. The van der Waals surface area contributed by atoms with Crippen LogP contribution in [0.3, 0.4) is 0 Å². The molecule has 15 heavy (non-hydrogen) atoms. The number of nitrogens with one attached hydrogen (secondary N) is 1. The molecule has 2 nitrogen and oxygen atoms in total. The highest BCUT2D eigenvalue weighted by molar-refractivity contribution is 6.20. The number of hydrogen-bond acceptors (Lipinski definition) is 1. The molecule has 0 radical (unpaired) electrons. The molecule has 0 heterocycles. The average Bonchev–Trinajstić information content (AvgIpc) is 2.11. The number of halogens is 4. The minimum atomic E-state index is -4.28. The summed E-state index contributed by atoms with van der Waals surface area (Å²) in [5.41, 5.74) is 0. The number of carbonyl (C=O) groups excluding carboxylic acids is 1. The first kappa shape index (κ1) is 14.6. The third kappa shape index (κ3) is 9.85. The molecule has 1 unspecified atom stereocenters. The van der Waals surface area contributed by atoms with Crippen molar-refractivity contribution < 1.29 is 18.0 Å². The van der Waals surface area contributed by atoms with Gasteiger partial charge in [-0.25, -0.2) is 0 Å². The first-order valence-corrected chi connectivity index (χ1v) is 5.26. The number of carbonyl (C=O) groups is 1. The molecule has 0 saturated heterocycles. The van der Waals surface area contributed by atoms with E-state index in [2.05, 4.69) is 5.32 Å². The van der Waals surface area contributed by atoms with Crippen molar-refractivity contribution in [3.05, 3.63) is 0 Å². The van der Waals surface area contributed by atoms with Crippen LogP contribution in [0.15, 0.2) is 0 Å². The van der Waals surface area contributed by atoms with Gasteiger partial charge in [0.05, 0.1) is 11.8 Å². The van der Waals surface area contributed by atoms with E-state index in [0.717, 1.165) is 12.8 Å². The second kappa shape index (κ2) is 6.93. The summed E-state index contributed by atoms with van der Waals surface area (Å²) in [6.45, 7) is 2.17. The lowest BCUT2D eigenvalue weighted by Gasteiger charge is -2.10. The van der Waals surface area contributed by atoms with Crippen LogP contribution in [0.1, 0.15) is 32.6 Å². The van der Waals surface area contributed by atoms with E-state index >= 15 is 0 Å². The third-order valence-corrected chi connectivity index (χ3v) is 2.13. The summed E-state index contributed by atoms with van der Waals surface area (Å²) in [5, 5.41) is 2.17. The monoisotopic (exact) mass is 245 g/mol. The first-order chi connectivity index (χ1) is 6.85. The summed E-state index contributed by atoms with van der Waals surface area (Å²) >= 11 is 5.78. The van der Waals surface area contributed by atoms with E-state index in [1.165, 1.54) is 0 Å². The van der Waals surface area contributed by atoms with Gasteiger partial charge in [-0.15, -0.1) is 11.6 Å². The van der Waals surface area contributed by atoms with Gasteiger partial charge in [-0.05, 0) is 6.42 Å². The SMILES string of the molecule is CCCC(Cl)CNC(=O)CCC(F)(F)F. The van der Waals surface area contributed by atoms with Crippen LogP contribution in [-0.2, 0) is 4.79 Å². The van der Waals surface area contributed by atoms with Crippen LogP contribution in [0.4, 0.5) is 13.2 Å². The molecule has 1 N–H and O–H groups in total. The fourth-order valence-electron chi connectivity index (χ4n) is 0.984. The fourth-order valence-corrected chi connectivity index (χ4v) is 1.28. The molecule has 1 amide bonds. The quantitative estimate of drug-likeness (QED) is 0.717. The summed E-state index contributed by atoms with van der Waals surface area (Å²) in [4.78, 5) is 10.9. The van der Waals surface area contributed by atoms with Crippen molar-refractivity contribution in [2.75, 3.05) is 6.54 Å². The van der Waals surface area contributed by atoms with E-state index in [1.54, 1.807) is 0 Å². The molecule has 0 aliphatic heterocycles. The fraction of sp³-hybridized carbons (Fsp3) is 0.889. The van der Waals surface area contributed by atoms with Gasteiger partial charge in [-0.3, -0.25) is 4.79 Å². The molecule has 1 atom stereocenters. The predicted molar refractivity (Wildman–Crippen MR) is 52.8 cm³/mol. The molecule has 0 aliphatic carbocycles. The Hall–Kier alpha value is -0.450. The van der Waals surface area contributed by atoms with Gasteiger partial charge in [0.25, 0.3) is 0 Å².